The van der Waals surface area contributed by atoms with E-state index in [4.69, 9.17) is 5.73 Å². The zero-order valence-corrected chi connectivity index (χ0v) is 9.28. The molecule has 0 saturated heterocycles. The molecule has 0 aliphatic heterocycles. The summed E-state index contributed by atoms with van der Waals surface area (Å²) in [5, 5.41) is 0.674. The van der Waals surface area contributed by atoms with Crippen molar-refractivity contribution in [1.29, 1.82) is 0 Å². The second-order valence-corrected chi connectivity index (χ2v) is 3.69. The Labute approximate surface area is 87.3 Å². The summed E-state index contributed by atoms with van der Waals surface area (Å²) in [7, 11) is 0. The molecule has 0 amide bonds. The van der Waals surface area contributed by atoms with Gasteiger partial charge in [0, 0.05) is 5.56 Å². The molecule has 3 N–H and O–H groups in total. The summed E-state index contributed by atoms with van der Waals surface area (Å²) in [5.74, 6) is 0. The fraction of sp³-hybridized carbons (Fsp3) is 0.556. The molecule has 0 spiro atoms. The smallest absolute Gasteiger partial charge is 0.255 e. The van der Waals surface area contributed by atoms with Gasteiger partial charge < -0.3 is 10.7 Å². The molecule has 0 aliphatic carbocycles. The number of aryl methyl sites for hydroxylation is 1. The first-order valence-electron chi connectivity index (χ1n) is 4.59. The molecule has 1 heterocycles. The van der Waals surface area contributed by atoms with Crippen LogP contribution in [0.5, 0.6) is 0 Å². The molecule has 0 radical (unpaired) electrons. The van der Waals surface area contributed by atoms with Crippen LogP contribution in [0.2, 0.25) is 0 Å². The van der Waals surface area contributed by atoms with Crippen molar-refractivity contribution in [2.75, 3.05) is 12.8 Å². The van der Waals surface area contributed by atoms with E-state index < -0.39 is 0 Å². The molecule has 14 heavy (non-hydrogen) atoms. The van der Waals surface area contributed by atoms with Crippen LogP contribution in [-0.2, 0) is 12.8 Å². The van der Waals surface area contributed by atoms with E-state index in [1.54, 1.807) is 0 Å². The highest BCUT2D eigenvalue weighted by molar-refractivity contribution is 7.98. The third-order valence-corrected chi connectivity index (χ3v) is 2.58. The standard InChI is InChI=1S/C9H15N3OS/c1-3-7-6(4-5-10)8(13)12-9(11-7)14-2/h3-5,10H2,1-2H3,(H,11,12,13). The topological polar surface area (TPSA) is 71.8 Å². The maximum Gasteiger partial charge on any atom is 0.255 e. The van der Waals surface area contributed by atoms with Gasteiger partial charge >= 0.3 is 0 Å². The summed E-state index contributed by atoms with van der Waals surface area (Å²) in [5.41, 5.74) is 6.98. The molecule has 1 aromatic rings. The second kappa shape index (κ2) is 5.17. The Kier molecular flexibility index (Phi) is 4.16. The molecule has 4 nitrogen and oxygen atoms in total. The van der Waals surface area contributed by atoms with Gasteiger partial charge in [0.25, 0.3) is 5.56 Å². The lowest BCUT2D eigenvalue weighted by molar-refractivity contribution is 0.808. The zero-order valence-electron chi connectivity index (χ0n) is 8.46. The molecule has 0 aliphatic rings. The second-order valence-electron chi connectivity index (χ2n) is 2.89. The van der Waals surface area contributed by atoms with E-state index in [0.29, 0.717) is 18.1 Å². The van der Waals surface area contributed by atoms with Crippen LogP contribution in [0.25, 0.3) is 0 Å². The molecule has 0 aromatic carbocycles. The Morgan fingerprint density at radius 2 is 2.29 bits per heavy atom. The van der Waals surface area contributed by atoms with Crippen LogP contribution >= 0.6 is 11.8 Å². The number of thioether (sulfide) groups is 1. The molecular formula is C9H15N3OS. The van der Waals surface area contributed by atoms with Crippen LogP contribution in [0.15, 0.2) is 9.95 Å². The van der Waals surface area contributed by atoms with Crippen LogP contribution < -0.4 is 11.3 Å². The average molecular weight is 213 g/mol. The van der Waals surface area contributed by atoms with Crippen LogP contribution in [0, 0.1) is 0 Å². The number of nitrogens with one attached hydrogen (secondary N) is 1. The van der Waals surface area contributed by atoms with Crippen LogP contribution in [0.4, 0.5) is 0 Å². The lowest BCUT2D eigenvalue weighted by atomic mass is 10.1. The monoisotopic (exact) mass is 213 g/mol. The van der Waals surface area contributed by atoms with Gasteiger partial charge in [0.1, 0.15) is 0 Å². The molecule has 5 heteroatoms. The third kappa shape index (κ3) is 2.36. The van der Waals surface area contributed by atoms with Crippen molar-refractivity contribution < 1.29 is 0 Å². The number of hydrogen-bond donors (Lipinski definition) is 2. The van der Waals surface area contributed by atoms with Gasteiger partial charge in [-0.3, -0.25) is 4.79 Å². The van der Waals surface area contributed by atoms with Crippen molar-refractivity contribution in [3.63, 3.8) is 0 Å². The first-order chi connectivity index (χ1) is 6.72. The van der Waals surface area contributed by atoms with Gasteiger partial charge in [-0.2, -0.15) is 0 Å². The summed E-state index contributed by atoms with van der Waals surface area (Å²) in [4.78, 5) is 18.7. The van der Waals surface area contributed by atoms with E-state index in [-0.39, 0.29) is 5.56 Å². The number of hydrogen-bond acceptors (Lipinski definition) is 4. The van der Waals surface area contributed by atoms with E-state index in [2.05, 4.69) is 9.97 Å². The van der Waals surface area contributed by atoms with Crippen molar-refractivity contribution in [3.05, 3.63) is 21.6 Å². The highest BCUT2D eigenvalue weighted by Crippen LogP contribution is 2.09. The summed E-state index contributed by atoms with van der Waals surface area (Å²) in [6.07, 6.45) is 3.26. The first kappa shape index (κ1) is 11.3. The van der Waals surface area contributed by atoms with Gasteiger partial charge in [0.05, 0.1) is 5.69 Å². The molecular weight excluding hydrogens is 198 g/mol. The van der Waals surface area contributed by atoms with Crippen LogP contribution in [-0.4, -0.2) is 22.8 Å². The number of aromatic amines is 1. The van der Waals surface area contributed by atoms with E-state index in [0.717, 1.165) is 17.7 Å². The van der Waals surface area contributed by atoms with Gasteiger partial charge in [-0.25, -0.2) is 4.98 Å². The maximum absolute atomic E-state index is 11.6. The van der Waals surface area contributed by atoms with Gasteiger partial charge in [-0.05, 0) is 25.6 Å². The predicted molar refractivity (Wildman–Crippen MR) is 58.8 cm³/mol. The van der Waals surface area contributed by atoms with Crippen molar-refractivity contribution in [2.45, 2.75) is 24.9 Å². The summed E-state index contributed by atoms with van der Waals surface area (Å²) in [6, 6.07) is 0. The van der Waals surface area contributed by atoms with Crippen molar-refractivity contribution >= 4 is 11.8 Å². The van der Waals surface area contributed by atoms with Gasteiger partial charge in [-0.1, -0.05) is 18.7 Å². The normalized spacial score (nSPS) is 10.5. The average Bonchev–Trinajstić information content (AvgIpc) is 2.20. The Morgan fingerprint density at radius 1 is 1.57 bits per heavy atom. The molecule has 78 valence electrons. The summed E-state index contributed by atoms with van der Waals surface area (Å²) < 4.78 is 0. The first-order valence-corrected chi connectivity index (χ1v) is 5.81. The number of nitrogens with two attached hydrogens (primary N) is 1. The van der Waals surface area contributed by atoms with Gasteiger partial charge in [0.15, 0.2) is 5.16 Å². The number of nitrogens with zero attached hydrogens (tertiary/aromatic N) is 1. The predicted octanol–water partition coefficient (Wildman–Crippen LogP) is 0.555. The fourth-order valence-electron chi connectivity index (χ4n) is 1.31. The van der Waals surface area contributed by atoms with Crippen molar-refractivity contribution in [3.8, 4) is 0 Å². The molecule has 0 fully saturated rings. The minimum atomic E-state index is -0.0494. The number of aromatic nitrogens is 2. The Morgan fingerprint density at radius 3 is 2.79 bits per heavy atom. The van der Waals surface area contributed by atoms with Gasteiger partial charge in [-0.15, -0.1) is 0 Å². The minimum absolute atomic E-state index is 0.0494. The Balaban J connectivity index is 3.20. The molecule has 0 saturated carbocycles. The summed E-state index contributed by atoms with van der Waals surface area (Å²) in [6.45, 7) is 2.47. The van der Waals surface area contributed by atoms with Crippen LogP contribution in [0.1, 0.15) is 18.2 Å². The lowest BCUT2D eigenvalue weighted by Gasteiger charge is -2.06. The lowest BCUT2D eigenvalue weighted by Crippen LogP contribution is -2.21. The molecule has 0 atom stereocenters. The minimum Gasteiger partial charge on any atom is -0.330 e. The highest BCUT2D eigenvalue weighted by Gasteiger charge is 2.08. The number of rotatable bonds is 4. The number of H-pyrrole nitrogens is 1. The molecule has 0 unspecified atom stereocenters. The van der Waals surface area contributed by atoms with E-state index >= 15 is 0 Å². The molecule has 0 bridgehead atoms. The Hall–Kier alpha value is -0.810. The zero-order chi connectivity index (χ0) is 10.6. The molecule has 1 rings (SSSR count). The van der Waals surface area contributed by atoms with E-state index in [1.165, 1.54) is 11.8 Å². The van der Waals surface area contributed by atoms with E-state index in [9.17, 15) is 4.79 Å². The van der Waals surface area contributed by atoms with Crippen LogP contribution in [0.3, 0.4) is 0 Å². The Bertz CT molecular complexity index is 362. The van der Waals surface area contributed by atoms with Gasteiger partial charge in [0.2, 0.25) is 0 Å². The maximum atomic E-state index is 11.6. The fourth-order valence-corrected chi connectivity index (χ4v) is 1.71. The highest BCUT2D eigenvalue weighted by atomic mass is 32.2. The quantitative estimate of drug-likeness (QED) is 0.566. The van der Waals surface area contributed by atoms with E-state index in [1.807, 2.05) is 13.2 Å². The van der Waals surface area contributed by atoms with Crippen molar-refractivity contribution in [2.24, 2.45) is 5.73 Å². The third-order valence-electron chi connectivity index (χ3n) is 2.00. The van der Waals surface area contributed by atoms with Crippen molar-refractivity contribution in [1.82, 2.24) is 9.97 Å². The summed E-state index contributed by atoms with van der Waals surface area (Å²) >= 11 is 1.44. The molecule has 1 aromatic heterocycles. The SMILES string of the molecule is CCc1nc(SC)[nH]c(=O)c1CCN. The largest absolute Gasteiger partial charge is 0.330 e.